The third-order valence-corrected chi connectivity index (χ3v) is 4.07. The van der Waals surface area contributed by atoms with E-state index in [0.29, 0.717) is 18.9 Å². The fourth-order valence-corrected chi connectivity index (χ4v) is 2.71. The smallest absolute Gasteiger partial charge is 0.146 e. The topological polar surface area (TPSA) is 57.6 Å². The molecule has 0 atom stereocenters. The second kappa shape index (κ2) is 6.65. The van der Waals surface area contributed by atoms with Crippen LogP contribution in [0, 0.1) is 6.92 Å². The summed E-state index contributed by atoms with van der Waals surface area (Å²) in [5, 5.41) is 0. The van der Waals surface area contributed by atoms with Crippen LogP contribution in [0.1, 0.15) is 17.1 Å². The van der Waals surface area contributed by atoms with Gasteiger partial charge in [0.2, 0.25) is 0 Å². The van der Waals surface area contributed by atoms with Gasteiger partial charge in [-0.3, -0.25) is 0 Å². The summed E-state index contributed by atoms with van der Waals surface area (Å²) in [6.07, 6.45) is 0. The molecule has 0 bridgehead atoms. The Labute approximate surface area is 134 Å². The Bertz CT molecular complexity index is 611. The van der Waals surface area contributed by atoms with Crippen LogP contribution >= 0.6 is 31.9 Å². The minimum Gasteiger partial charge on any atom is -0.496 e. The van der Waals surface area contributed by atoms with Crippen LogP contribution in [-0.2, 0) is 13.2 Å². The molecule has 1 aromatic carbocycles. The van der Waals surface area contributed by atoms with Crippen molar-refractivity contribution in [3.63, 3.8) is 0 Å². The van der Waals surface area contributed by atoms with E-state index in [4.69, 9.17) is 19.6 Å². The molecule has 4 nitrogen and oxygen atoms in total. The van der Waals surface area contributed by atoms with E-state index in [2.05, 4.69) is 31.9 Å². The Morgan fingerprint density at radius 3 is 2.40 bits per heavy atom. The molecule has 0 spiro atoms. The summed E-state index contributed by atoms with van der Waals surface area (Å²) in [4.78, 5) is 0. The zero-order chi connectivity index (χ0) is 14.7. The van der Waals surface area contributed by atoms with Crippen molar-refractivity contribution in [2.45, 2.75) is 20.1 Å². The van der Waals surface area contributed by atoms with Gasteiger partial charge in [0, 0.05) is 0 Å². The first-order valence-corrected chi connectivity index (χ1v) is 7.57. The van der Waals surface area contributed by atoms with Crippen molar-refractivity contribution >= 4 is 31.9 Å². The van der Waals surface area contributed by atoms with Crippen LogP contribution in [0.3, 0.4) is 0 Å². The predicted molar refractivity (Wildman–Crippen MR) is 84.1 cm³/mol. The van der Waals surface area contributed by atoms with Gasteiger partial charge in [-0.15, -0.1) is 0 Å². The molecule has 1 heterocycles. The van der Waals surface area contributed by atoms with Crippen LogP contribution in [0.25, 0.3) is 0 Å². The van der Waals surface area contributed by atoms with E-state index in [-0.39, 0.29) is 0 Å². The molecule has 108 valence electrons. The maximum absolute atomic E-state index is 5.75. The Morgan fingerprint density at radius 2 is 1.80 bits per heavy atom. The Kier molecular flexibility index (Phi) is 5.12. The number of rotatable bonds is 5. The highest BCUT2D eigenvalue weighted by Gasteiger charge is 2.11. The van der Waals surface area contributed by atoms with E-state index >= 15 is 0 Å². The quantitative estimate of drug-likeness (QED) is 0.812. The fraction of sp³-hybridized carbons (Fsp3) is 0.286. The molecule has 2 aromatic rings. The summed E-state index contributed by atoms with van der Waals surface area (Å²) < 4.78 is 18.2. The molecule has 0 amide bonds. The van der Waals surface area contributed by atoms with Crippen molar-refractivity contribution in [3.8, 4) is 11.5 Å². The third kappa shape index (κ3) is 3.37. The molecule has 20 heavy (non-hydrogen) atoms. The van der Waals surface area contributed by atoms with Crippen LogP contribution in [0.15, 0.2) is 31.6 Å². The lowest BCUT2D eigenvalue weighted by Gasteiger charge is -2.10. The number of nitrogens with two attached hydrogens (primary N) is 1. The average Bonchev–Trinajstić information content (AvgIpc) is 2.79. The first-order chi connectivity index (χ1) is 9.55. The van der Waals surface area contributed by atoms with Crippen molar-refractivity contribution in [1.82, 2.24) is 0 Å². The molecule has 0 saturated carbocycles. The minimum absolute atomic E-state index is 0.345. The van der Waals surface area contributed by atoms with Crippen molar-refractivity contribution in [2.24, 2.45) is 5.73 Å². The number of halogens is 2. The van der Waals surface area contributed by atoms with Gasteiger partial charge >= 0.3 is 0 Å². The molecule has 0 aliphatic heterocycles. The summed E-state index contributed by atoms with van der Waals surface area (Å²) in [7, 11) is 1.62. The maximum atomic E-state index is 5.75. The first kappa shape index (κ1) is 15.4. The highest BCUT2D eigenvalue weighted by Crippen LogP contribution is 2.36. The molecular weight excluding hydrogens is 390 g/mol. The number of hydrogen-bond donors (Lipinski definition) is 1. The summed E-state index contributed by atoms with van der Waals surface area (Å²) in [5.74, 6) is 2.99. The lowest BCUT2D eigenvalue weighted by Crippen LogP contribution is -1.97. The summed E-state index contributed by atoms with van der Waals surface area (Å²) in [5.41, 5.74) is 6.63. The highest BCUT2D eigenvalue weighted by atomic mass is 79.9. The largest absolute Gasteiger partial charge is 0.496 e. The van der Waals surface area contributed by atoms with Gasteiger partial charge in [0.05, 0.1) is 22.6 Å². The third-order valence-electron chi connectivity index (χ3n) is 2.83. The first-order valence-electron chi connectivity index (χ1n) is 5.99. The van der Waals surface area contributed by atoms with Crippen LogP contribution in [0.2, 0.25) is 0 Å². The van der Waals surface area contributed by atoms with Gasteiger partial charge in [-0.2, -0.15) is 0 Å². The number of aryl methyl sites for hydroxylation is 1. The van der Waals surface area contributed by atoms with Gasteiger partial charge in [-0.25, -0.2) is 0 Å². The van der Waals surface area contributed by atoms with Crippen LogP contribution < -0.4 is 15.2 Å². The Morgan fingerprint density at radius 1 is 1.15 bits per heavy atom. The van der Waals surface area contributed by atoms with Gasteiger partial charge in [-0.05, 0) is 62.5 Å². The van der Waals surface area contributed by atoms with Crippen LogP contribution in [-0.4, -0.2) is 7.11 Å². The lowest BCUT2D eigenvalue weighted by atomic mass is 10.2. The van der Waals surface area contributed by atoms with E-state index in [1.165, 1.54) is 0 Å². The zero-order valence-electron chi connectivity index (χ0n) is 11.2. The SMILES string of the molecule is COc1cc(Br)c(OCc2cc(C)c(CN)o2)cc1Br. The standard InChI is InChI=1S/C14H15Br2NO3/c1-8-3-9(20-14(8)6-17)7-19-13-5-10(15)12(18-2)4-11(13)16/h3-5H,6-7,17H2,1-2H3. The van der Waals surface area contributed by atoms with E-state index in [0.717, 1.165) is 31.8 Å². The molecule has 2 rings (SSSR count). The molecule has 0 saturated heterocycles. The number of ether oxygens (including phenoxy) is 2. The van der Waals surface area contributed by atoms with Crippen LogP contribution in [0.5, 0.6) is 11.5 Å². The molecule has 0 radical (unpaired) electrons. The predicted octanol–water partition coefficient (Wildman–Crippen LogP) is 4.16. The summed E-state index contributed by atoms with van der Waals surface area (Å²) in [6.45, 7) is 2.71. The van der Waals surface area contributed by atoms with Gasteiger partial charge in [0.25, 0.3) is 0 Å². The van der Waals surface area contributed by atoms with Crippen LogP contribution in [0.4, 0.5) is 0 Å². The van der Waals surface area contributed by atoms with E-state index < -0.39 is 0 Å². The van der Waals surface area contributed by atoms with E-state index in [9.17, 15) is 0 Å². The normalized spacial score (nSPS) is 10.7. The number of benzene rings is 1. The molecule has 0 unspecified atom stereocenters. The Hall–Kier alpha value is -0.980. The molecule has 0 aliphatic carbocycles. The maximum Gasteiger partial charge on any atom is 0.146 e. The summed E-state index contributed by atoms with van der Waals surface area (Å²) >= 11 is 6.88. The highest BCUT2D eigenvalue weighted by molar-refractivity contribution is 9.11. The average molecular weight is 405 g/mol. The molecule has 2 N–H and O–H groups in total. The minimum atomic E-state index is 0.345. The summed E-state index contributed by atoms with van der Waals surface area (Å²) in [6, 6.07) is 5.63. The van der Waals surface area contributed by atoms with Gasteiger partial charge in [0.1, 0.15) is 29.6 Å². The molecule has 6 heteroatoms. The number of methoxy groups -OCH3 is 1. The van der Waals surface area contributed by atoms with Crippen molar-refractivity contribution < 1.29 is 13.9 Å². The number of hydrogen-bond acceptors (Lipinski definition) is 4. The second-order valence-corrected chi connectivity index (χ2v) is 5.94. The van der Waals surface area contributed by atoms with Crippen molar-refractivity contribution in [1.29, 1.82) is 0 Å². The van der Waals surface area contributed by atoms with Gasteiger partial charge < -0.3 is 19.6 Å². The Balaban J connectivity index is 2.12. The van der Waals surface area contributed by atoms with E-state index in [1.807, 2.05) is 25.1 Å². The lowest BCUT2D eigenvalue weighted by molar-refractivity contribution is 0.264. The van der Waals surface area contributed by atoms with Crippen molar-refractivity contribution in [2.75, 3.05) is 7.11 Å². The van der Waals surface area contributed by atoms with E-state index in [1.54, 1.807) is 7.11 Å². The number of furan rings is 1. The molecule has 1 aromatic heterocycles. The fourth-order valence-electron chi connectivity index (χ4n) is 1.79. The molecule has 0 fully saturated rings. The van der Waals surface area contributed by atoms with Crippen molar-refractivity contribution in [3.05, 3.63) is 44.2 Å². The molecule has 0 aliphatic rings. The molecular formula is C14H15Br2NO3. The second-order valence-electron chi connectivity index (χ2n) is 4.23. The van der Waals surface area contributed by atoms with Gasteiger partial charge in [-0.1, -0.05) is 0 Å². The zero-order valence-corrected chi connectivity index (χ0v) is 14.4. The monoisotopic (exact) mass is 403 g/mol. The van der Waals surface area contributed by atoms with Gasteiger partial charge in [0.15, 0.2) is 0 Å².